The average molecular weight is 207 g/mol. The Labute approximate surface area is 91.8 Å². The van der Waals surface area contributed by atoms with Gasteiger partial charge in [-0.15, -0.1) is 0 Å². The Morgan fingerprint density at radius 3 is 2.73 bits per heavy atom. The molecule has 5 unspecified atom stereocenters. The molecule has 4 fully saturated rings. The van der Waals surface area contributed by atoms with E-state index in [1.54, 1.807) is 0 Å². The summed E-state index contributed by atoms with van der Waals surface area (Å²) < 4.78 is 5.93. The van der Waals surface area contributed by atoms with Crippen LogP contribution in [0, 0.1) is 17.3 Å². The van der Waals surface area contributed by atoms with E-state index in [1.807, 2.05) is 0 Å². The van der Waals surface area contributed by atoms with Crippen molar-refractivity contribution in [1.82, 2.24) is 5.32 Å². The van der Waals surface area contributed by atoms with Crippen molar-refractivity contribution in [3.63, 3.8) is 0 Å². The summed E-state index contributed by atoms with van der Waals surface area (Å²) in [5.74, 6) is 1.79. The van der Waals surface area contributed by atoms with Crippen LogP contribution in [0.3, 0.4) is 0 Å². The van der Waals surface area contributed by atoms with Gasteiger partial charge in [-0.3, -0.25) is 0 Å². The Balaban J connectivity index is 1.51. The van der Waals surface area contributed by atoms with Crippen LogP contribution in [0.4, 0.5) is 0 Å². The third-order valence-corrected chi connectivity index (χ3v) is 5.54. The highest BCUT2D eigenvalue weighted by atomic mass is 16.5. The molecule has 0 aromatic heterocycles. The van der Waals surface area contributed by atoms with Gasteiger partial charge in [-0.05, 0) is 31.6 Å². The van der Waals surface area contributed by atoms with Crippen LogP contribution in [-0.4, -0.2) is 24.8 Å². The monoisotopic (exact) mass is 207 g/mol. The van der Waals surface area contributed by atoms with Crippen molar-refractivity contribution >= 4 is 0 Å². The number of hydrogen-bond donors (Lipinski definition) is 1. The second kappa shape index (κ2) is 2.78. The highest BCUT2D eigenvalue weighted by Gasteiger charge is 2.67. The molecule has 2 heteroatoms. The van der Waals surface area contributed by atoms with Crippen LogP contribution in [0.2, 0.25) is 0 Å². The second-order valence-electron chi connectivity index (χ2n) is 6.29. The maximum absolute atomic E-state index is 5.93. The maximum Gasteiger partial charge on any atom is 0.0690 e. The van der Waals surface area contributed by atoms with E-state index in [0.29, 0.717) is 11.5 Å². The van der Waals surface area contributed by atoms with Crippen LogP contribution < -0.4 is 5.32 Å². The van der Waals surface area contributed by atoms with E-state index in [4.69, 9.17) is 4.74 Å². The van der Waals surface area contributed by atoms with Crippen LogP contribution in [0.25, 0.3) is 0 Å². The van der Waals surface area contributed by atoms with Crippen molar-refractivity contribution in [1.29, 1.82) is 0 Å². The average Bonchev–Trinajstić information content (AvgIpc) is 2.67. The van der Waals surface area contributed by atoms with Gasteiger partial charge in [0.15, 0.2) is 0 Å². The normalized spacial score (nSPS) is 54.6. The molecule has 1 aliphatic heterocycles. The van der Waals surface area contributed by atoms with Crippen molar-refractivity contribution in [2.45, 2.75) is 57.2 Å². The highest BCUT2D eigenvalue weighted by molar-refractivity contribution is 5.19. The van der Waals surface area contributed by atoms with Gasteiger partial charge in [0.2, 0.25) is 0 Å². The third kappa shape index (κ3) is 1.03. The molecule has 5 atom stereocenters. The largest absolute Gasteiger partial charge is 0.377 e. The fourth-order valence-corrected chi connectivity index (χ4v) is 4.28. The first-order valence-corrected chi connectivity index (χ1v) is 6.69. The number of nitrogens with one attached hydrogen (secondary N) is 1. The van der Waals surface area contributed by atoms with Gasteiger partial charge >= 0.3 is 0 Å². The molecule has 0 radical (unpaired) electrons. The number of rotatable bonds is 2. The third-order valence-electron chi connectivity index (χ3n) is 5.54. The number of hydrogen-bond acceptors (Lipinski definition) is 2. The van der Waals surface area contributed by atoms with E-state index < -0.39 is 0 Å². The molecule has 4 aliphatic rings. The van der Waals surface area contributed by atoms with Crippen LogP contribution >= 0.6 is 0 Å². The summed E-state index contributed by atoms with van der Waals surface area (Å²) in [7, 11) is 0. The van der Waals surface area contributed by atoms with Crippen LogP contribution in [0.1, 0.15) is 39.0 Å². The molecule has 0 aromatic rings. The van der Waals surface area contributed by atoms with Crippen molar-refractivity contribution < 1.29 is 4.74 Å². The highest BCUT2D eigenvalue weighted by Crippen LogP contribution is 2.63. The van der Waals surface area contributed by atoms with Crippen molar-refractivity contribution in [2.75, 3.05) is 6.61 Å². The van der Waals surface area contributed by atoms with E-state index >= 15 is 0 Å². The lowest BCUT2D eigenvalue weighted by atomic mass is 9.46. The van der Waals surface area contributed by atoms with Gasteiger partial charge < -0.3 is 10.1 Å². The fraction of sp³-hybridized carbons (Fsp3) is 1.00. The molecule has 0 aromatic carbocycles. The minimum atomic E-state index is 0.587. The van der Waals surface area contributed by atoms with Crippen molar-refractivity contribution in [3.8, 4) is 0 Å². The standard InChI is InChI=1S/C13H21NO/c1-8-7-10(8)14-11-9-3-6-15-12(9)13(11)4-2-5-13/h8-12,14H,2-7H2,1H3. The van der Waals surface area contributed by atoms with Gasteiger partial charge in [-0.25, -0.2) is 0 Å². The van der Waals surface area contributed by atoms with E-state index in [2.05, 4.69) is 12.2 Å². The fourth-order valence-electron chi connectivity index (χ4n) is 4.28. The predicted molar refractivity (Wildman–Crippen MR) is 58.6 cm³/mol. The Morgan fingerprint density at radius 2 is 2.13 bits per heavy atom. The number of ether oxygens (including phenoxy) is 1. The summed E-state index contributed by atoms with van der Waals surface area (Å²) in [6.07, 6.45) is 7.64. The first-order chi connectivity index (χ1) is 7.31. The van der Waals surface area contributed by atoms with Gasteiger partial charge in [0, 0.05) is 30.0 Å². The zero-order chi connectivity index (χ0) is 10.0. The lowest BCUT2D eigenvalue weighted by molar-refractivity contribution is -0.176. The first-order valence-electron chi connectivity index (χ1n) is 6.69. The molecule has 3 aliphatic carbocycles. The molecule has 1 saturated heterocycles. The van der Waals surface area contributed by atoms with Gasteiger partial charge in [-0.1, -0.05) is 13.3 Å². The Kier molecular flexibility index (Phi) is 1.67. The Bertz CT molecular complexity index is 286. The van der Waals surface area contributed by atoms with E-state index in [9.17, 15) is 0 Å². The summed E-state index contributed by atoms with van der Waals surface area (Å²) >= 11 is 0. The summed E-state index contributed by atoms with van der Waals surface area (Å²) in [6, 6.07) is 1.66. The van der Waals surface area contributed by atoms with E-state index in [0.717, 1.165) is 30.5 Å². The van der Waals surface area contributed by atoms with Gasteiger partial charge in [0.25, 0.3) is 0 Å². The van der Waals surface area contributed by atoms with Crippen LogP contribution in [0.5, 0.6) is 0 Å². The Morgan fingerprint density at radius 1 is 1.33 bits per heavy atom. The van der Waals surface area contributed by atoms with Crippen molar-refractivity contribution in [3.05, 3.63) is 0 Å². The zero-order valence-corrected chi connectivity index (χ0v) is 9.54. The summed E-state index contributed by atoms with van der Waals surface area (Å²) in [5, 5.41) is 3.92. The smallest absolute Gasteiger partial charge is 0.0690 e. The lowest BCUT2D eigenvalue weighted by Gasteiger charge is -2.63. The summed E-state index contributed by atoms with van der Waals surface area (Å²) in [5.41, 5.74) is 0.587. The van der Waals surface area contributed by atoms with Gasteiger partial charge in [0.1, 0.15) is 0 Å². The van der Waals surface area contributed by atoms with Gasteiger partial charge in [0.05, 0.1) is 6.10 Å². The molecule has 84 valence electrons. The molecule has 1 spiro atoms. The predicted octanol–water partition coefficient (Wildman–Crippen LogP) is 1.94. The molecule has 0 bridgehead atoms. The summed E-state index contributed by atoms with van der Waals surface area (Å²) in [4.78, 5) is 0. The number of fused-ring (bicyclic) bond motifs is 2. The molecular formula is C13H21NO. The molecule has 15 heavy (non-hydrogen) atoms. The summed E-state index contributed by atoms with van der Waals surface area (Å²) in [6.45, 7) is 3.39. The maximum atomic E-state index is 5.93. The van der Waals surface area contributed by atoms with Crippen LogP contribution in [0.15, 0.2) is 0 Å². The molecule has 1 heterocycles. The molecule has 1 N–H and O–H groups in total. The van der Waals surface area contributed by atoms with E-state index in [1.165, 1.54) is 32.1 Å². The van der Waals surface area contributed by atoms with Gasteiger partial charge in [-0.2, -0.15) is 0 Å². The quantitative estimate of drug-likeness (QED) is 0.747. The van der Waals surface area contributed by atoms with Crippen molar-refractivity contribution in [2.24, 2.45) is 17.3 Å². The topological polar surface area (TPSA) is 21.3 Å². The van der Waals surface area contributed by atoms with Crippen LogP contribution in [-0.2, 0) is 4.74 Å². The first kappa shape index (κ1) is 9.00. The molecule has 4 rings (SSSR count). The second-order valence-corrected chi connectivity index (χ2v) is 6.29. The van der Waals surface area contributed by atoms with E-state index in [-0.39, 0.29) is 0 Å². The SMILES string of the molecule is CC1CC1NC1C2CCOC2C12CCC2. The zero-order valence-electron chi connectivity index (χ0n) is 9.54. The Hall–Kier alpha value is -0.0800. The molecule has 2 nitrogen and oxygen atoms in total. The molecular weight excluding hydrogens is 186 g/mol. The minimum absolute atomic E-state index is 0.587. The lowest BCUT2D eigenvalue weighted by Crippen LogP contribution is -2.71. The minimum Gasteiger partial charge on any atom is -0.377 e. The molecule has 0 amide bonds. The molecule has 3 saturated carbocycles.